The van der Waals surface area contributed by atoms with Gasteiger partial charge in [0.1, 0.15) is 5.54 Å². The molecule has 0 radical (unpaired) electrons. The van der Waals surface area contributed by atoms with Crippen molar-refractivity contribution in [2.24, 2.45) is 17.8 Å². The van der Waals surface area contributed by atoms with Crippen molar-refractivity contribution in [2.45, 2.75) is 70.0 Å². The number of imide groups is 1. The maximum Gasteiger partial charge on any atom is 0.325 e. The van der Waals surface area contributed by atoms with E-state index in [1.807, 2.05) is 56.3 Å². The van der Waals surface area contributed by atoms with E-state index in [2.05, 4.69) is 5.32 Å². The summed E-state index contributed by atoms with van der Waals surface area (Å²) in [5.41, 5.74) is -0.473. The monoisotopic (exact) mass is 424 g/mol. The average Bonchev–Trinajstić information content (AvgIpc) is 3.27. The highest BCUT2D eigenvalue weighted by Gasteiger charge is 2.69. The Bertz CT molecular complexity index is 877. The summed E-state index contributed by atoms with van der Waals surface area (Å²) in [6.45, 7) is 3.79. The number of carbonyl (C=O) groups excluding carboxylic acids is 2. The minimum Gasteiger partial charge on any atom is -0.480 e. The van der Waals surface area contributed by atoms with Crippen LogP contribution in [0.2, 0.25) is 0 Å². The van der Waals surface area contributed by atoms with E-state index >= 15 is 0 Å². The molecular formula is C25H32N2O4. The van der Waals surface area contributed by atoms with Gasteiger partial charge in [0.25, 0.3) is 0 Å². The van der Waals surface area contributed by atoms with Crippen LogP contribution in [-0.2, 0) is 14.4 Å². The van der Waals surface area contributed by atoms with Gasteiger partial charge in [0.2, 0.25) is 11.8 Å². The molecule has 0 bridgehead atoms. The molecule has 4 rings (SSSR count). The Morgan fingerprint density at radius 2 is 1.87 bits per heavy atom. The molecule has 2 amide bonds. The lowest BCUT2D eigenvalue weighted by Crippen LogP contribution is -2.61. The summed E-state index contributed by atoms with van der Waals surface area (Å²) in [4.78, 5) is 41.3. The third kappa shape index (κ3) is 3.51. The normalized spacial score (nSPS) is 32.6. The van der Waals surface area contributed by atoms with Crippen molar-refractivity contribution in [1.82, 2.24) is 10.2 Å². The number of carbonyl (C=O) groups is 3. The molecule has 6 heteroatoms. The molecule has 2 heterocycles. The van der Waals surface area contributed by atoms with Crippen molar-refractivity contribution < 1.29 is 19.5 Å². The largest absolute Gasteiger partial charge is 0.480 e. The summed E-state index contributed by atoms with van der Waals surface area (Å²) < 4.78 is 0. The van der Waals surface area contributed by atoms with E-state index in [-0.39, 0.29) is 23.8 Å². The summed E-state index contributed by atoms with van der Waals surface area (Å²) in [6.07, 6.45) is 9.14. The predicted octanol–water partition coefficient (Wildman–Crippen LogP) is 3.48. The van der Waals surface area contributed by atoms with E-state index in [1.54, 1.807) is 0 Å². The molecule has 0 spiro atoms. The van der Waals surface area contributed by atoms with E-state index in [9.17, 15) is 19.5 Å². The fourth-order valence-electron chi connectivity index (χ4n) is 5.83. The first-order valence-electron chi connectivity index (χ1n) is 11.5. The van der Waals surface area contributed by atoms with Gasteiger partial charge in [-0.15, -0.1) is 0 Å². The highest BCUT2D eigenvalue weighted by Crippen LogP contribution is 2.49. The number of hydrogen-bond acceptors (Lipinski definition) is 4. The summed E-state index contributed by atoms with van der Waals surface area (Å²) in [5, 5.41) is 13.6. The maximum absolute atomic E-state index is 13.6. The van der Waals surface area contributed by atoms with Crippen LogP contribution in [0.1, 0.15) is 57.9 Å². The molecule has 3 aliphatic rings. The van der Waals surface area contributed by atoms with E-state index in [4.69, 9.17) is 0 Å². The molecule has 6 nitrogen and oxygen atoms in total. The zero-order chi connectivity index (χ0) is 22.2. The Balaban J connectivity index is 1.75. The predicted molar refractivity (Wildman–Crippen MR) is 118 cm³/mol. The van der Waals surface area contributed by atoms with Crippen molar-refractivity contribution in [3.05, 3.63) is 42.0 Å². The van der Waals surface area contributed by atoms with Gasteiger partial charge in [-0.1, -0.05) is 82.0 Å². The van der Waals surface area contributed by atoms with Crippen LogP contribution in [0.25, 0.3) is 6.08 Å². The molecule has 2 N–H and O–H groups in total. The number of carboxylic acid groups (broad SMARTS) is 1. The first kappa shape index (κ1) is 21.8. The molecular weight excluding hydrogens is 392 g/mol. The van der Waals surface area contributed by atoms with Crippen molar-refractivity contribution in [2.75, 3.05) is 0 Å². The number of nitrogens with one attached hydrogen (secondary N) is 1. The van der Waals surface area contributed by atoms with Crippen LogP contribution in [0.4, 0.5) is 0 Å². The SMILES string of the molecule is CCC(C)C1(C(=O)O)NC(/C=C/c2ccccc2)C2C(=O)N(C3CCCCC3)C(=O)C21. The number of fused-ring (bicyclic) bond motifs is 1. The summed E-state index contributed by atoms with van der Waals surface area (Å²) in [6, 6.07) is 9.11. The van der Waals surface area contributed by atoms with Gasteiger partial charge in [-0.25, -0.2) is 0 Å². The summed E-state index contributed by atoms with van der Waals surface area (Å²) in [5.74, 6) is -3.40. The van der Waals surface area contributed by atoms with Crippen LogP contribution in [0.15, 0.2) is 36.4 Å². The topological polar surface area (TPSA) is 86.7 Å². The molecule has 1 aliphatic carbocycles. The molecule has 166 valence electrons. The van der Waals surface area contributed by atoms with Gasteiger partial charge in [-0.2, -0.15) is 0 Å². The Hall–Kier alpha value is -2.47. The third-order valence-corrected chi connectivity index (χ3v) is 7.65. The zero-order valence-electron chi connectivity index (χ0n) is 18.3. The van der Waals surface area contributed by atoms with Gasteiger partial charge >= 0.3 is 5.97 Å². The maximum atomic E-state index is 13.6. The zero-order valence-corrected chi connectivity index (χ0v) is 18.3. The van der Waals surface area contributed by atoms with E-state index in [0.29, 0.717) is 6.42 Å². The molecule has 1 saturated carbocycles. The van der Waals surface area contributed by atoms with Crippen LogP contribution >= 0.6 is 0 Å². The minimum absolute atomic E-state index is 0.0958. The van der Waals surface area contributed by atoms with Crippen molar-refractivity contribution in [3.63, 3.8) is 0 Å². The number of aliphatic carboxylic acids is 1. The Morgan fingerprint density at radius 3 is 2.48 bits per heavy atom. The van der Waals surface area contributed by atoms with Gasteiger partial charge in [-0.3, -0.25) is 24.6 Å². The molecule has 2 aliphatic heterocycles. The minimum atomic E-state index is -1.44. The van der Waals surface area contributed by atoms with E-state index in [1.165, 1.54) is 4.90 Å². The Kier molecular flexibility index (Phi) is 6.02. The number of benzene rings is 1. The molecule has 2 saturated heterocycles. The second-order valence-corrected chi connectivity index (χ2v) is 9.27. The molecule has 1 aromatic rings. The van der Waals surface area contributed by atoms with Crippen molar-refractivity contribution in [3.8, 4) is 0 Å². The first-order valence-corrected chi connectivity index (χ1v) is 11.5. The van der Waals surface area contributed by atoms with Gasteiger partial charge in [-0.05, 0) is 24.3 Å². The summed E-state index contributed by atoms with van der Waals surface area (Å²) in [7, 11) is 0. The van der Waals surface area contributed by atoms with Crippen molar-refractivity contribution >= 4 is 23.9 Å². The fraction of sp³-hybridized carbons (Fsp3) is 0.560. The van der Waals surface area contributed by atoms with Crippen molar-refractivity contribution in [1.29, 1.82) is 0 Å². The lowest BCUT2D eigenvalue weighted by molar-refractivity contribution is -0.155. The molecule has 31 heavy (non-hydrogen) atoms. The molecule has 0 aromatic heterocycles. The fourth-order valence-corrected chi connectivity index (χ4v) is 5.83. The van der Waals surface area contributed by atoms with Crippen LogP contribution in [0.5, 0.6) is 0 Å². The highest BCUT2D eigenvalue weighted by molar-refractivity contribution is 6.10. The molecule has 5 unspecified atom stereocenters. The molecule has 1 aromatic carbocycles. The number of carboxylic acids is 1. The second-order valence-electron chi connectivity index (χ2n) is 9.27. The van der Waals surface area contributed by atoms with Crippen LogP contribution in [0, 0.1) is 17.8 Å². The first-order chi connectivity index (χ1) is 14.9. The highest BCUT2D eigenvalue weighted by atomic mass is 16.4. The van der Waals surface area contributed by atoms with Crippen LogP contribution < -0.4 is 5.32 Å². The van der Waals surface area contributed by atoms with Gasteiger partial charge < -0.3 is 5.11 Å². The van der Waals surface area contributed by atoms with Gasteiger partial charge in [0.05, 0.1) is 11.8 Å². The van der Waals surface area contributed by atoms with Crippen LogP contribution in [0.3, 0.4) is 0 Å². The molecule has 5 atom stereocenters. The van der Waals surface area contributed by atoms with E-state index in [0.717, 1.165) is 37.7 Å². The number of rotatable bonds is 6. The Labute approximate surface area is 183 Å². The quantitative estimate of drug-likeness (QED) is 0.683. The third-order valence-electron chi connectivity index (χ3n) is 7.65. The second kappa shape index (κ2) is 8.58. The summed E-state index contributed by atoms with van der Waals surface area (Å²) >= 11 is 0. The number of nitrogens with zero attached hydrogens (tertiary/aromatic N) is 1. The average molecular weight is 425 g/mol. The number of hydrogen-bond donors (Lipinski definition) is 2. The Morgan fingerprint density at radius 1 is 1.19 bits per heavy atom. The lowest BCUT2D eigenvalue weighted by atomic mass is 9.72. The smallest absolute Gasteiger partial charge is 0.325 e. The standard InChI is InChI=1S/C25H32N2O4/c1-3-16(2)25(24(30)31)21-20(19(26-25)15-14-17-10-6-4-7-11-17)22(28)27(23(21)29)18-12-8-5-9-13-18/h4,6-7,10-11,14-16,18-21,26H,3,5,8-9,12-13H2,1-2H3,(H,30,31)/b15-14+. The number of likely N-dealkylation sites (tertiary alicyclic amines) is 1. The number of amides is 2. The van der Waals surface area contributed by atoms with Gasteiger partial charge in [0.15, 0.2) is 0 Å². The van der Waals surface area contributed by atoms with Gasteiger partial charge in [0, 0.05) is 12.1 Å². The van der Waals surface area contributed by atoms with E-state index < -0.39 is 29.4 Å². The molecule has 3 fully saturated rings. The van der Waals surface area contributed by atoms with Crippen LogP contribution in [-0.4, -0.2) is 45.4 Å². The lowest BCUT2D eigenvalue weighted by Gasteiger charge is -2.37.